The normalized spacial score (nSPS) is 23.0. The van der Waals surface area contributed by atoms with Crippen LogP contribution in [-0.2, 0) is 9.47 Å². The Morgan fingerprint density at radius 1 is 1.19 bits per heavy atom. The molecule has 2 aliphatic rings. The molecule has 2 fully saturated rings. The maximum Gasteiger partial charge on any atom is 0.191 e. The number of aliphatic imine (C=N–C) groups is 1. The molecule has 2 N–H and O–H groups in total. The Kier molecular flexibility index (Phi) is 6.40. The number of ether oxygens (including phenoxy) is 2. The van der Waals surface area contributed by atoms with Gasteiger partial charge >= 0.3 is 0 Å². The summed E-state index contributed by atoms with van der Waals surface area (Å²) in [5, 5.41) is 0.742. The van der Waals surface area contributed by atoms with Crippen molar-refractivity contribution in [2.75, 3.05) is 52.5 Å². The van der Waals surface area contributed by atoms with E-state index in [9.17, 15) is 0 Å². The number of guanidine groups is 1. The number of nitrogens with zero attached hydrogens (tertiary/aromatic N) is 3. The molecule has 1 aromatic rings. The third-order valence-electron chi connectivity index (χ3n) is 4.91. The van der Waals surface area contributed by atoms with Crippen molar-refractivity contribution >= 4 is 17.6 Å². The zero-order chi connectivity index (χ0) is 18.6. The van der Waals surface area contributed by atoms with Gasteiger partial charge in [0, 0.05) is 31.2 Å². The van der Waals surface area contributed by atoms with E-state index in [4.69, 9.17) is 31.8 Å². The predicted molar refractivity (Wildman–Crippen MR) is 105 cm³/mol. The first-order chi connectivity index (χ1) is 12.4. The number of rotatable bonds is 4. The van der Waals surface area contributed by atoms with Gasteiger partial charge in [-0.3, -0.25) is 9.89 Å². The number of hydrogen-bond acceptors (Lipinski definition) is 4. The van der Waals surface area contributed by atoms with E-state index in [2.05, 4.69) is 35.8 Å². The van der Waals surface area contributed by atoms with Crippen LogP contribution in [0.4, 0.5) is 0 Å². The molecule has 2 heterocycles. The van der Waals surface area contributed by atoms with Crippen LogP contribution in [0.25, 0.3) is 0 Å². The fraction of sp³-hybridized carbons (Fsp3) is 0.632. The van der Waals surface area contributed by atoms with Crippen molar-refractivity contribution in [1.29, 1.82) is 0 Å². The third-order valence-corrected chi connectivity index (χ3v) is 5.16. The largest absolute Gasteiger partial charge is 0.378 e. The molecule has 144 valence electrons. The zero-order valence-electron chi connectivity index (χ0n) is 15.7. The van der Waals surface area contributed by atoms with E-state index in [1.807, 2.05) is 12.1 Å². The van der Waals surface area contributed by atoms with Crippen LogP contribution >= 0.6 is 11.6 Å². The van der Waals surface area contributed by atoms with Crippen LogP contribution in [0.2, 0.25) is 5.02 Å². The Morgan fingerprint density at radius 2 is 1.88 bits per heavy atom. The van der Waals surface area contributed by atoms with E-state index in [1.54, 1.807) is 0 Å². The lowest BCUT2D eigenvalue weighted by atomic mass is 10.0. The van der Waals surface area contributed by atoms with E-state index in [1.165, 1.54) is 5.56 Å². The van der Waals surface area contributed by atoms with Gasteiger partial charge in [0.2, 0.25) is 0 Å². The first-order valence-electron chi connectivity index (χ1n) is 9.21. The van der Waals surface area contributed by atoms with Crippen molar-refractivity contribution in [3.8, 4) is 0 Å². The van der Waals surface area contributed by atoms with Crippen molar-refractivity contribution in [2.45, 2.75) is 25.5 Å². The van der Waals surface area contributed by atoms with Crippen molar-refractivity contribution < 1.29 is 9.47 Å². The molecule has 2 aliphatic heterocycles. The van der Waals surface area contributed by atoms with E-state index < -0.39 is 0 Å². The van der Waals surface area contributed by atoms with Crippen molar-refractivity contribution in [3.63, 3.8) is 0 Å². The lowest BCUT2D eigenvalue weighted by Crippen LogP contribution is -2.50. The van der Waals surface area contributed by atoms with E-state index in [0.717, 1.165) is 37.8 Å². The highest BCUT2D eigenvalue weighted by Crippen LogP contribution is 2.28. The minimum Gasteiger partial charge on any atom is -0.378 e. The lowest BCUT2D eigenvalue weighted by Gasteiger charge is -2.42. The smallest absolute Gasteiger partial charge is 0.191 e. The Hall–Kier alpha value is -1.34. The molecular weight excluding hydrogens is 352 g/mol. The first kappa shape index (κ1) is 19.4. The molecular formula is C19H29ClN4O2. The molecule has 0 bridgehead atoms. The molecule has 0 spiro atoms. The van der Waals surface area contributed by atoms with Crippen LogP contribution in [0.1, 0.15) is 25.5 Å². The highest BCUT2D eigenvalue weighted by Gasteiger charge is 2.32. The van der Waals surface area contributed by atoms with Crippen molar-refractivity contribution in [3.05, 3.63) is 34.9 Å². The van der Waals surface area contributed by atoms with Gasteiger partial charge in [-0.2, -0.15) is 0 Å². The monoisotopic (exact) mass is 380 g/mol. The van der Waals surface area contributed by atoms with Gasteiger partial charge in [-0.25, -0.2) is 0 Å². The second kappa shape index (κ2) is 8.57. The van der Waals surface area contributed by atoms with Crippen LogP contribution < -0.4 is 5.73 Å². The number of halogens is 1. The summed E-state index contributed by atoms with van der Waals surface area (Å²) in [6.45, 7) is 10.3. The summed E-state index contributed by atoms with van der Waals surface area (Å²) in [6.07, 6.45) is 0. The summed E-state index contributed by atoms with van der Waals surface area (Å²) >= 11 is 6.08. The second-order valence-electron chi connectivity index (χ2n) is 7.44. The van der Waals surface area contributed by atoms with Crippen molar-refractivity contribution in [1.82, 2.24) is 9.80 Å². The van der Waals surface area contributed by atoms with Gasteiger partial charge in [-0.15, -0.1) is 0 Å². The molecule has 2 saturated heterocycles. The maximum atomic E-state index is 6.24. The standard InChI is InChI=1S/C19H29ClN4O2/c1-19(2)14-24(9-12-26-19)17(15-3-5-16(20)6-4-15)13-22-18(21)23-7-10-25-11-8-23/h3-6,17H,7-14H2,1-2H3,(H2,21,22). The van der Waals surface area contributed by atoms with Crippen LogP contribution in [-0.4, -0.2) is 73.9 Å². The molecule has 7 heteroatoms. The molecule has 0 radical (unpaired) electrons. The SMILES string of the molecule is CC1(C)CN(C(CN=C(N)N2CCOCC2)c2ccc(Cl)cc2)CCO1. The molecule has 1 atom stereocenters. The topological polar surface area (TPSA) is 63.3 Å². The first-order valence-corrected chi connectivity index (χ1v) is 9.58. The van der Waals surface area contributed by atoms with Crippen LogP contribution in [0.15, 0.2) is 29.3 Å². The highest BCUT2D eigenvalue weighted by atomic mass is 35.5. The summed E-state index contributed by atoms with van der Waals surface area (Å²) in [4.78, 5) is 9.24. The molecule has 1 unspecified atom stereocenters. The molecule has 0 aromatic heterocycles. The average molecular weight is 381 g/mol. The summed E-state index contributed by atoms with van der Waals surface area (Å²) in [6, 6.07) is 8.18. The summed E-state index contributed by atoms with van der Waals surface area (Å²) in [5.74, 6) is 0.597. The molecule has 3 rings (SSSR count). The highest BCUT2D eigenvalue weighted by molar-refractivity contribution is 6.30. The van der Waals surface area contributed by atoms with E-state index >= 15 is 0 Å². The molecule has 0 amide bonds. The number of nitrogens with two attached hydrogens (primary N) is 1. The van der Waals surface area contributed by atoms with E-state index in [0.29, 0.717) is 25.7 Å². The van der Waals surface area contributed by atoms with Crippen LogP contribution in [0, 0.1) is 0 Å². The molecule has 6 nitrogen and oxygen atoms in total. The van der Waals surface area contributed by atoms with Gasteiger partial charge in [0.1, 0.15) is 0 Å². The van der Waals surface area contributed by atoms with Gasteiger partial charge in [0.05, 0.1) is 38.0 Å². The number of hydrogen-bond donors (Lipinski definition) is 1. The van der Waals surface area contributed by atoms with Crippen molar-refractivity contribution in [2.24, 2.45) is 10.7 Å². The van der Waals surface area contributed by atoms with Crippen LogP contribution in [0.5, 0.6) is 0 Å². The lowest BCUT2D eigenvalue weighted by molar-refractivity contribution is -0.0967. The Morgan fingerprint density at radius 3 is 2.54 bits per heavy atom. The zero-order valence-corrected chi connectivity index (χ0v) is 16.4. The Labute approximate surface area is 160 Å². The quantitative estimate of drug-likeness (QED) is 0.640. The summed E-state index contributed by atoms with van der Waals surface area (Å²) in [5.41, 5.74) is 7.27. The van der Waals surface area contributed by atoms with E-state index in [-0.39, 0.29) is 11.6 Å². The van der Waals surface area contributed by atoms with Gasteiger partial charge in [0.15, 0.2) is 5.96 Å². The van der Waals surface area contributed by atoms with Gasteiger partial charge in [-0.05, 0) is 31.5 Å². The van der Waals surface area contributed by atoms with Gasteiger partial charge in [-0.1, -0.05) is 23.7 Å². The molecule has 0 saturated carbocycles. The fourth-order valence-corrected chi connectivity index (χ4v) is 3.63. The minimum atomic E-state index is -0.164. The minimum absolute atomic E-state index is 0.148. The number of benzene rings is 1. The molecule has 1 aromatic carbocycles. The predicted octanol–water partition coefficient (Wildman–Crippen LogP) is 2.14. The molecule has 26 heavy (non-hydrogen) atoms. The third kappa shape index (κ3) is 5.10. The maximum absolute atomic E-state index is 6.24. The fourth-order valence-electron chi connectivity index (χ4n) is 3.51. The second-order valence-corrected chi connectivity index (χ2v) is 7.88. The molecule has 0 aliphatic carbocycles. The van der Waals surface area contributed by atoms with Gasteiger partial charge < -0.3 is 20.1 Å². The van der Waals surface area contributed by atoms with Gasteiger partial charge in [0.25, 0.3) is 0 Å². The summed E-state index contributed by atoms with van der Waals surface area (Å²) in [7, 11) is 0. The van der Waals surface area contributed by atoms with Crippen LogP contribution in [0.3, 0.4) is 0 Å². The summed E-state index contributed by atoms with van der Waals surface area (Å²) < 4.78 is 11.3. The average Bonchev–Trinajstić information content (AvgIpc) is 2.63. The Bertz CT molecular complexity index is 614. The Balaban J connectivity index is 1.77. The number of morpholine rings is 2.